The van der Waals surface area contributed by atoms with Gasteiger partial charge in [0, 0.05) is 37.7 Å². The van der Waals surface area contributed by atoms with E-state index in [0.29, 0.717) is 17.9 Å². The van der Waals surface area contributed by atoms with Crippen molar-refractivity contribution >= 4 is 16.9 Å². The highest BCUT2D eigenvalue weighted by molar-refractivity contribution is 5.77. The first-order chi connectivity index (χ1) is 13.1. The van der Waals surface area contributed by atoms with Gasteiger partial charge in [-0.3, -0.25) is 9.78 Å². The number of nitrogens with zero attached hydrogens (tertiary/aromatic N) is 4. The Hall–Kier alpha value is -1.91. The molecule has 0 unspecified atom stereocenters. The summed E-state index contributed by atoms with van der Waals surface area (Å²) in [5.41, 5.74) is 2.11. The maximum atomic E-state index is 12.7. The quantitative estimate of drug-likeness (QED) is 0.769. The van der Waals surface area contributed by atoms with Crippen LogP contribution in [-0.2, 0) is 4.79 Å². The number of fused-ring (bicyclic) bond motifs is 1. The minimum absolute atomic E-state index is 0.332. The monoisotopic (exact) mass is 368 g/mol. The molecule has 1 saturated carbocycles. The Morgan fingerprint density at radius 3 is 2.81 bits per heavy atom. The maximum absolute atomic E-state index is 12.7. The van der Waals surface area contributed by atoms with Crippen LogP contribution >= 0.6 is 0 Å². The Labute approximate surface area is 162 Å². The molecule has 2 aromatic heterocycles. The van der Waals surface area contributed by atoms with Gasteiger partial charge in [0.25, 0.3) is 0 Å². The number of imidazole rings is 1. The van der Waals surface area contributed by atoms with Crippen molar-refractivity contribution in [3.05, 3.63) is 24.3 Å². The Balaban J connectivity index is 1.42. The summed E-state index contributed by atoms with van der Waals surface area (Å²) in [5, 5.41) is 0. The van der Waals surface area contributed by atoms with Crippen molar-refractivity contribution in [1.29, 1.82) is 0 Å². The van der Waals surface area contributed by atoms with Gasteiger partial charge in [-0.15, -0.1) is 0 Å². The molecule has 2 fully saturated rings. The van der Waals surface area contributed by atoms with E-state index in [1.807, 2.05) is 12.3 Å². The number of hydrogen-bond acceptors (Lipinski definition) is 3. The van der Waals surface area contributed by atoms with Crippen LogP contribution in [0.2, 0.25) is 0 Å². The molecule has 1 aliphatic carbocycles. The molecule has 0 radical (unpaired) electrons. The van der Waals surface area contributed by atoms with Crippen molar-refractivity contribution in [2.75, 3.05) is 13.1 Å². The average molecular weight is 369 g/mol. The predicted octanol–water partition coefficient (Wildman–Crippen LogP) is 4.69. The summed E-state index contributed by atoms with van der Waals surface area (Å²) in [6.07, 6.45) is 13.3. The maximum Gasteiger partial charge on any atom is 0.222 e. The molecule has 4 rings (SSSR count). The number of carbonyl (C=O) groups is 1. The molecule has 0 aromatic carbocycles. The van der Waals surface area contributed by atoms with E-state index in [4.69, 9.17) is 4.98 Å². The molecule has 1 aliphatic heterocycles. The first-order valence-corrected chi connectivity index (χ1v) is 10.7. The molecule has 27 heavy (non-hydrogen) atoms. The highest BCUT2D eigenvalue weighted by atomic mass is 16.2. The van der Waals surface area contributed by atoms with Gasteiger partial charge in [-0.2, -0.15) is 0 Å². The summed E-state index contributed by atoms with van der Waals surface area (Å²) in [6, 6.07) is 2.32. The minimum Gasteiger partial charge on any atom is -0.342 e. The molecule has 3 heterocycles. The van der Waals surface area contributed by atoms with Crippen molar-refractivity contribution in [3.63, 3.8) is 0 Å². The fourth-order valence-electron chi connectivity index (χ4n) is 4.95. The second-order valence-electron chi connectivity index (χ2n) is 8.67. The van der Waals surface area contributed by atoms with Crippen LogP contribution in [0.3, 0.4) is 0 Å². The van der Waals surface area contributed by atoms with Gasteiger partial charge in [0.15, 0.2) is 0 Å². The normalized spacial score (nSPS) is 21.4. The third-order valence-corrected chi connectivity index (χ3v) is 6.43. The van der Waals surface area contributed by atoms with E-state index in [2.05, 4.69) is 28.3 Å². The molecular weight excluding hydrogens is 336 g/mol. The van der Waals surface area contributed by atoms with Crippen LogP contribution < -0.4 is 0 Å². The standard InChI is InChI=1S/C22H32N4O/c1-16(2)26-20-14-23-12-10-19(20)24-22(26)18-11-13-25(15-18)21(27)9-8-17-6-4-3-5-7-17/h10,12,14,16-18H,3-9,11,13,15H2,1-2H3/t18-/m0/s1. The Morgan fingerprint density at radius 1 is 1.22 bits per heavy atom. The molecule has 1 saturated heterocycles. The van der Waals surface area contributed by atoms with E-state index in [0.717, 1.165) is 55.1 Å². The van der Waals surface area contributed by atoms with Crippen LogP contribution in [0, 0.1) is 5.92 Å². The molecule has 1 amide bonds. The summed E-state index contributed by atoms with van der Waals surface area (Å²) >= 11 is 0. The third-order valence-electron chi connectivity index (χ3n) is 6.43. The summed E-state index contributed by atoms with van der Waals surface area (Å²) in [7, 11) is 0. The first-order valence-electron chi connectivity index (χ1n) is 10.7. The molecule has 2 aromatic rings. The van der Waals surface area contributed by atoms with Gasteiger partial charge in [0.2, 0.25) is 5.91 Å². The van der Waals surface area contributed by atoms with Crippen LogP contribution in [0.15, 0.2) is 18.5 Å². The SMILES string of the molecule is CC(C)n1c([C@H]2CCN(C(=O)CCC3CCCCC3)C2)nc2ccncc21. The van der Waals surface area contributed by atoms with E-state index in [1.54, 1.807) is 6.20 Å². The zero-order valence-corrected chi connectivity index (χ0v) is 16.7. The highest BCUT2D eigenvalue weighted by Gasteiger charge is 2.31. The molecular formula is C22H32N4O. The van der Waals surface area contributed by atoms with E-state index in [9.17, 15) is 4.79 Å². The lowest BCUT2D eigenvalue weighted by Gasteiger charge is -2.23. The number of aromatic nitrogens is 3. The van der Waals surface area contributed by atoms with Crippen LogP contribution in [0.25, 0.3) is 11.0 Å². The topological polar surface area (TPSA) is 51.0 Å². The number of hydrogen-bond donors (Lipinski definition) is 0. The second-order valence-corrected chi connectivity index (χ2v) is 8.67. The molecule has 0 N–H and O–H groups in total. The molecule has 5 heteroatoms. The Kier molecular flexibility index (Phi) is 5.46. The number of rotatable bonds is 5. The molecule has 0 spiro atoms. The van der Waals surface area contributed by atoms with Gasteiger partial charge in [0.1, 0.15) is 5.82 Å². The summed E-state index contributed by atoms with van der Waals surface area (Å²) in [4.78, 5) is 24.0. The molecule has 2 aliphatic rings. The lowest BCUT2D eigenvalue weighted by Crippen LogP contribution is -2.29. The highest BCUT2D eigenvalue weighted by Crippen LogP contribution is 2.32. The molecule has 146 valence electrons. The van der Waals surface area contributed by atoms with Gasteiger partial charge in [-0.1, -0.05) is 32.1 Å². The van der Waals surface area contributed by atoms with Crippen molar-refractivity contribution in [1.82, 2.24) is 19.4 Å². The molecule has 0 bridgehead atoms. The van der Waals surface area contributed by atoms with Crippen LogP contribution in [-0.4, -0.2) is 38.4 Å². The van der Waals surface area contributed by atoms with Gasteiger partial charge in [-0.05, 0) is 38.7 Å². The van der Waals surface area contributed by atoms with Gasteiger partial charge >= 0.3 is 0 Å². The van der Waals surface area contributed by atoms with Gasteiger partial charge in [0.05, 0.1) is 17.2 Å². The number of amides is 1. The lowest BCUT2D eigenvalue weighted by atomic mass is 9.86. The Morgan fingerprint density at radius 2 is 2.04 bits per heavy atom. The van der Waals surface area contributed by atoms with Crippen molar-refractivity contribution < 1.29 is 4.79 Å². The molecule has 1 atom stereocenters. The lowest BCUT2D eigenvalue weighted by molar-refractivity contribution is -0.130. The summed E-state index contributed by atoms with van der Waals surface area (Å²) in [6.45, 7) is 6.07. The number of likely N-dealkylation sites (tertiary alicyclic amines) is 1. The van der Waals surface area contributed by atoms with E-state index >= 15 is 0 Å². The van der Waals surface area contributed by atoms with E-state index in [1.165, 1.54) is 32.1 Å². The number of carbonyl (C=O) groups excluding carboxylic acids is 1. The Bertz CT molecular complexity index is 791. The van der Waals surface area contributed by atoms with Gasteiger partial charge in [-0.25, -0.2) is 4.98 Å². The zero-order valence-electron chi connectivity index (χ0n) is 16.7. The van der Waals surface area contributed by atoms with Gasteiger partial charge < -0.3 is 9.47 Å². The predicted molar refractivity (Wildman–Crippen MR) is 108 cm³/mol. The van der Waals surface area contributed by atoms with Crippen LogP contribution in [0.5, 0.6) is 0 Å². The van der Waals surface area contributed by atoms with Crippen molar-refractivity contribution in [3.8, 4) is 0 Å². The minimum atomic E-state index is 0.332. The van der Waals surface area contributed by atoms with Crippen molar-refractivity contribution in [2.24, 2.45) is 5.92 Å². The largest absolute Gasteiger partial charge is 0.342 e. The number of pyridine rings is 1. The smallest absolute Gasteiger partial charge is 0.222 e. The average Bonchev–Trinajstić information content (AvgIpc) is 3.31. The molecule has 5 nitrogen and oxygen atoms in total. The second kappa shape index (κ2) is 7.99. The van der Waals surface area contributed by atoms with Crippen LogP contribution in [0.4, 0.5) is 0 Å². The van der Waals surface area contributed by atoms with E-state index in [-0.39, 0.29) is 0 Å². The third kappa shape index (κ3) is 3.87. The fourth-order valence-corrected chi connectivity index (χ4v) is 4.95. The zero-order chi connectivity index (χ0) is 18.8. The van der Waals surface area contributed by atoms with E-state index < -0.39 is 0 Å². The van der Waals surface area contributed by atoms with Crippen molar-refractivity contribution in [2.45, 2.75) is 77.2 Å². The fraction of sp³-hybridized carbons (Fsp3) is 0.682. The first kappa shape index (κ1) is 18.5. The summed E-state index contributed by atoms with van der Waals surface area (Å²) in [5.74, 6) is 2.57. The summed E-state index contributed by atoms with van der Waals surface area (Å²) < 4.78 is 2.31. The van der Waals surface area contributed by atoms with Crippen LogP contribution in [0.1, 0.15) is 83.0 Å².